The van der Waals surface area contributed by atoms with Gasteiger partial charge in [-0.3, -0.25) is 0 Å². The second kappa shape index (κ2) is 4.66. The van der Waals surface area contributed by atoms with Gasteiger partial charge in [0.25, 0.3) is 10.0 Å². The fraction of sp³-hybridized carbons (Fsp3) is 0.250. The third-order valence-corrected chi connectivity index (χ3v) is 5.38. The van der Waals surface area contributed by atoms with Crippen LogP contribution in [-0.2, 0) is 26.6 Å². The first-order valence-corrected chi connectivity index (χ1v) is 8.38. The first kappa shape index (κ1) is 14.7. The van der Waals surface area contributed by atoms with E-state index in [-0.39, 0.29) is 23.1 Å². The second-order valence-corrected chi connectivity index (χ2v) is 7.48. The van der Waals surface area contributed by atoms with Gasteiger partial charge in [-0.25, -0.2) is 27.0 Å². The van der Waals surface area contributed by atoms with Gasteiger partial charge in [0.05, 0.1) is 16.6 Å². The zero-order chi connectivity index (χ0) is 14.4. The number of primary sulfonamides is 1. The fourth-order valence-electron chi connectivity index (χ4n) is 1.73. The zero-order valence-electron chi connectivity index (χ0n) is 9.50. The highest BCUT2D eigenvalue weighted by atomic mass is 35.5. The van der Waals surface area contributed by atoms with Crippen LogP contribution in [0.3, 0.4) is 0 Å². The van der Waals surface area contributed by atoms with Crippen molar-refractivity contribution in [2.24, 2.45) is 10.9 Å². The molecular formula is C8H11ClN4O4S2. The highest BCUT2D eigenvalue weighted by Crippen LogP contribution is 2.30. The van der Waals surface area contributed by atoms with Gasteiger partial charge in [-0.05, 0) is 17.7 Å². The average molecular weight is 327 g/mol. The van der Waals surface area contributed by atoms with Crippen LogP contribution in [-0.4, -0.2) is 28.5 Å². The summed E-state index contributed by atoms with van der Waals surface area (Å²) in [6.45, 7) is 0.142. The van der Waals surface area contributed by atoms with E-state index in [1.165, 1.54) is 11.1 Å². The maximum absolute atomic E-state index is 11.9. The number of hydrazine groups is 1. The molecule has 1 aromatic carbocycles. The monoisotopic (exact) mass is 326 g/mol. The molecule has 11 heteroatoms. The highest BCUT2D eigenvalue weighted by Gasteiger charge is 2.30. The van der Waals surface area contributed by atoms with Crippen LogP contribution in [0.1, 0.15) is 5.56 Å². The summed E-state index contributed by atoms with van der Waals surface area (Å²) in [6, 6.07) is 2.21. The largest absolute Gasteiger partial charge is 0.317 e. The number of rotatable bonds is 2. The Morgan fingerprint density at radius 1 is 1.42 bits per heavy atom. The molecule has 0 amide bonds. The Bertz CT molecular complexity index is 731. The summed E-state index contributed by atoms with van der Waals surface area (Å²) in [5.74, 6) is 0. The summed E-state index contributed by atoms with van der Waals surface area (Å²) in [5.41, 5.74) is 5.72. The summed E-state index contributed by atoms with van der Waals surface area (Å²) >= 11 is 5.81. The van der Waals surface area contributed by atoms with Crippen LogP contribution in [0.2, 0.25) is 5.02 Å². The topological polar surface area (TPSA) is 136 Å². The van der Waals surface area contributed by atoms with E-state index in [0.717, 1.165) is 6.07 Å². The fourth-order valence-corrected chi connectivity index (χ4v) is 4.24. The maximum atomic E-state index is 11.9. The van der Waals surface area contributed by atoms with Crippen LogP contribution in [0, 0.1) is 0 Å². The Kier molecular flexibility index (Phi) is 3.60. The molecular weight excluding hydrogens is 316 g/mol. The zero-order valence-corrected chi connectivity index (χ0v) is 11.9. The van der Waals surface area contributed by atoms with Crippen molar-refractivity contribution >= 4 is 31.6 Å². The minimum absolute atomic E-state index is 0.0345. The van der Waals surface area contributed by atoms with Gasteiger partial charge in [0.1, 0.15) is 4.90 Å². The van der Waals surface area contributed by atoms with Crippen molar-refractivity contribution in [2.75, 3.05) is 6.67 Å². The van der Waals surface area contributed by atoms with Crippen molar-refractivity contribution < 1.29 is 16.8 Å². The minimum atomic E-state index is -4.10. The molecule has 1 aliphatic rings. The van der Waals surface area contributed by atoms with Crippen LogP contribution >= 0.6 is 11.6 Å². The number of nitrogens with one attached hydrogen (secondary N) is 1. The van der Waals surface area contributed by atoms with Crippen molar-refractivity contribution in [3.05, 3.63) is 22.7 Å². The molecule has 0 bridgehead atoms. The second-order valence-electron chi connectivity index (χ2n) is 3.91. The van der Waals surface area contributed by atoms with Crippen LogP contribution in [0.15, 0.2) is 21.9 Å². The lowest BCUT2D eigenvalue weighted by Gasteiger charge is -2.28. The Morgan fingerprint density at radius 2 is 2.05 bits per heavy atom. The smallest absolute Gasteiger partial charge is 0.253 e. The molecule has 0 spiro atoms. The lowest BCUT2D eigenvalue weighted by Crippen LogP contribution is -2.48. The first-order chi connectivity index (χ1) is 8.65. The Labute approximate surface area is 115 Å². The summed E-state index contributed by atoms with van der Waals surface area (Å²) in [5, 5.41) is 6.10. The van der Waals surface area contributed by atoms with Gasteiger partial charge in [-0.15, -0.1) is 4.83 Å². The maximum Gasteiger partial charge on any atom is 0.253 e. The van der Waals surface area contributed by atoms with Gasteiger partial charge in [0, 0.05) is 6.54 Å². The van der Waals surface area contributed by atoms with Crippen molar-refractivity contribution in [3.8, 4) is 0 Å². The molecule has 0 radical (unpaired) electrons. The molecule has 0 saturated carbocycles. The predicted octanol–water partition coefficient (Wildman–Crippen LogP) is -1.09. The van der Waals surface area contributed by atoms with Crippen LogP contribution in [0.4, 0.5) is 0 Å². The number of nitrogens with zero attached hydrogens (tertiary/aromatic N) is 1. The summed E-state index contributed by atoms with van der Waals surface area (Å²) in [4.78, 5) is 1.59. The minimum Gasteiger partial charge on any atom is -0.317 e. The van der Waals surface area contributed by atoms with Crippen molar-refractivity contribution in [1.82, 2.24) is 9.84 Å². The predicted molar refractivity (Wildman–Crippen MR) is 67.7 cm³/mol. The molecule has 1 aliphatic heterocycles. The van der Waals surface area contributed by atoms with Crippen LogP contribution in [0.5, 0.6) is 0 Å². The third-order valence-electron chi connectivity index (χ3n) is 2.54. The lowest BCUT2D eigenvalue weighted by molar-refractivity contribution is 0.228. The number of sulfonamides is 2. The van der Waals surface area contributed by atoms with Crippen LogP contribution < -0.4 is 15.7 Å². The molecule has 0 unspecified atom stereocenters. The number of hydrogen-bond donors (Lipinski definition) is 3. The molecule has 0 fully saturated rings. The molecule has 5 N–H and O–H groups in total. The molecule has 1 aromatic rings. The van der Waals surface area contributed by atoms with Gasteiger partial charge in [-0.1, -0.05) is 11.6 Å². The molecule has 0 aromatic heterocycles. The highest BCUT2D eigenvalue weighted by molar-refractivity contribution is 7.90. The molecule has 0 saturated heterocycles. The SMILES string of the molecule is NCN1Cc2cc(Cl)c(S(N)(=O)=O)cc2S(=O)(=O)N1. The number of fused-ring (bicyclic) bond motifs is 1. The van der Waals surface area contributed by atoms with E-state index in [4.69, 9.17) is 22.5 Å². The van der Waals surface area contributed by atoms with Crippen molar-refractivity contribution in [3.63, 3.8) is 0 Å². The third kappa shape index (κ3) is 2.74. The van der Waals surface area contributed by atoms with Gasteiger partial charge in [0.15, 0.2) is 0 Å². The van der Waals surface area contributed by atoms with E-state index in [1.807, 2.05) is 0 Å². The summed E-state index contributed by atoms with van der Waals surface area (Å²) in [7, 11) is -7.98. The molecule has 8 nitrogen and oxygen atoms in total. The summed E-state index contributed by atoms with van der Waals surface area (Å²) in [6.07, 6.45) is 0. The Morgan fingerprint density at radius 3 is 2.58 bits per heavy atom. The molecule has 0 atom stereocenters. The molecule has 0 aliphatic carbocycles. The van der Waals surface area contributed by atoms with Crippen LogP contribution in [0.25, 0.3) is 0 Å². The van der Waals surface area contributed by atoms with Gasteiger partial charge < -0.3 is 5.73 Å². The van der Waals surface area contributed by atoms with E-state index in [1.54, 1.807) is 0 Å². The molecule has 106 valence electrons. The Hall–Kier alpha value is -0.750. The van der Waals surface area contributed by atoms with Crippen molar-refractivity contribution in [1.29, 1.82) is 0 Å². The number of nitrogens with two attached hydrogens (primary N) is 2. The standard InChI is InChI=1S/C8H11ClN4O4S2/c9-6-1-5-3-13(4-10)12-19(16,17)7(5)2-8(6)18(11,14)15/h1-2,12H,3-4,10H2,(H2,11,14,15). The van der Waals surface area contributed by atoms with E-state index < -0.39 is 24.9 Å². The molecule has 1 heterocycles. The quantitative estimate of drug-likeness (QED) is 0.632. The molecule has 2 rings (SSSR count). The normalized spacial score (nSPS) is 19.1. The number of benzene rings is 1. The molecule has 19 heavy (non-hydrogen) atoms. The van der Waals surface area contributed by atoms with E-state index in [9.17, 15) is 16.8 Å². The van der Waals surface area contributed by atoms with E-state index >= 15 is 0 Å². The number of hydrogen-bond acceptors (Lipinski definition) is 6. The van der Waals surface area contributed by atoms with Crippen molar-refractivity contribution in [2.45, 2.75) is 16.3 Å². The van der Waals surface area contributed by atoms with E-state index in [0.29, 0.717) is 5.56 Å². The van der Waals surface area contributed by atoms with Gasteiger partial charge >= 0.3 is 0 Å². The summed E-state index contributed by atoms with van der Waals surface area (Å²) < 4.78 is 46.5. The lowest BCUT2D eigenvalue weighted by atomic mass is 10.2. The van der Waals surface area contributed by atoms with Gasteiger partial charge in [-0.2, -0.15) is 0 Å². The average Bonchev–Trinajstić information content (AvgIpc) is 2.25. The number of halogens is 1. The van der Waals surface area contributed by atoms with Gasteiger partial charge in [0.2, 0.25) is 10.0 Å². The van der Waals surface area contributed by atoms with E-state index in [2.05, 4.69) is 4.83 Å². The Balaban J connectivity index is 2.70. The first-order valence-electron chi connectivity index (χ1n) is 4.98.